The van der Waals surface area contributed by atoms with Gasteiger partial charge in [-0.25, -0.2) is 0 Å². The van der Waals surface area contributed by atoms with Crippen LogP contribution in [0.4, 0.5) is 0 Å². The van der Waals surface area contributed by atoms with E-state index in [4.69, 9.17) is 9.47 Å². The van der Waals surface area contributed by atoms with E-state index >= 15 is 0 Å². The second kappa shape index (κ2) is 8.81. The van der Waals surface area contributed by atoms with Gasteiger partial charge in [0.05, 0.1) is 25.3 Å². The molecule has 2 heterocycles. The SMILES string of the molecule is COc1ccc(OC)c(CN2CCN(C(=O)c3cc(=O)n(C)c4ccccc34)CC2)c1. The molecule has 1 saturated heterocycles. The highest BCUT2D eigenvalue weighted by Gasteiger charge is 2.25. The molecule has 4 rings (SSSR count). The van der Waals surface area contributed by atoms with Crippen molar-refractivity contribution in [2.24, 2.45) is 7.05 Å². The summed E-state index contributed by atoms with van der Waals surface area (Å²) in [6.45, 7) is 3.42. The summed E-state index contributed by atoms with van der Waals surface area (Å²) in [6, 6.07) is 14.8. The Kier molecular flexibility index (Phi) is 5.95. The van der Waals surface area contributed by atoms with Crippen molar-refractivity contribution in [3.8, 4) is 11.5 Å². The molecule has 3 aromatic rings. The molecule has 0 spiro atoms. The number of carbonyl (C=O) groups excluding carboxylic acids is 1. The Morgan fingerprint density at radius 3 is 2.42 bits per heavy atom. The zero-order valence-corrected chi connectivity index (χ0v) is 18.1. The molecule has 0 bridgehead atoms. The van der Waals surface area contributed by atoms with Crippen molar-refractivity contribution in [2.45, 2.75) is 6.54 Å². The number of methoxy groups -OCH3 is 2. The van der Waals surface area contributed by atoms with Crippen molar-refractivity contribution in [3.05, 3.63) is 70.0 Å². The Morgan fingerprint density at radius 1 is 0.968 bits per heavy atom. The lowest BCUT2D eigenvalue weighted by Gasteiger charge is -2.35. The number of aryl methyl sites for hydroxylation is 1. The zero-order valence-electron chi connectivity index (χ0n) is 18.1. The van der Waals surface area contributed by atoms with Crippen molar-refractivity contribution >= 4 is 16.8 Å². The Balaban J connectivity index is 1.49. The number of pyridine rings is 1. The van der Waals surface area contributed by atoms with Crippen LogP contribution in [0.3, 0.4) is 0 Å². The van der Waals surface area contributed by atoms with Gasteiger partial charge in [-0.05, 0) is 24.3 Å². The fourth-order valence-electron chi connectivity index (χ4n) is 4.11. The van der Waals surface area contributed by atoms with Crippen LogP contribution >= 0.6 is 0 Å². The number of hydrogen-bond donors (Lipinski definition) is 0. The number of amides is 1. The first-order valence-electron chi connectivity index (χ1n) is 10.3. The number of rotatable bonds is 5. The number of nitrogens with zero attached hydrogens (tertiary/aromatic N) is 3. The number of aromatic nitrogens is 1. The summed E-state index contributed by atoms with van der Waals surface area (Å²) < 4.78 is 12.4. The molecule has 7 nitrogen and oxygen atoms in total. The van der Waals surface area contributed by atoms with Gasteiger partial charge in [-0.1, -0.05) is 18.2 Å². The number of piperazine rings is 1. The van der Waals surface area contributed by atoms with Crippen LogP contribution in [0.25, 0.3) is 10.9 Å². The number of carbonyl (C=O) groups is 1. The highest BCUT2D eigenvalue weighted by molar-refractivity contribution is 6.06. The Bertz CT molecular complexity index is 1160. The van der Waals surface area contributed by atoms with E-state index in [1.165, 1.54) is 6.07 Å². The molecule has 0 unspecified atom stereocenters. The minimum absolute atomic E-state index is 0.0903. The molecule has 0 aliphatic carbocycles. The second-order valence-electron chi connectivity index (χ2n) is 7.72. The molecular formula is C24H27N3O4. The van der Waals surface area contributed by atoms with Gasteiger partial charge >= 0.3 is 0 Å². The van der Waals surface area contributed by atoms with Crippen LogP contribution in [-0.4, -0.2) is 60.7 Å². The lowest BCUT2D eigenvalue weighted by molar-refractivity contribution is 0.0629. The molecule has 2 aromatic carbocycles. The quantitative estimate of drug-likeness (QED) is 0.634. The van der Waals surface area contributed by atoms with Crippen LogP contribution in [0.15, 0.2) is 53.3 Å². The number of para-hydroxylation sites is 1. The summed E-state index contributed by atoms with van der Waals surface area (Å²) in [5.41, 5.74) is 2.12. The summed E-state index contributed by atoms with van der Waals surface area (Å²) >= 11 is 0. The lowest BCUT2D eigenvalue weighted by atomic mass is 10.1. The second-order valence-corrected chi connectivity index (χ2v) is 7.72. The van der Waals surface area contributed by atoms with Gasteiger partial charge in [-0.2, -0.15) is 0 Å². The van der Waals surface area contributed by atoms with Gasteiger partial charge in [0.1, 0.15) is 11.5 Å². The molecule has 162 valence electrons. The predicted octanol–water partition coefficient (Wildman–Crippen LogP) is 2.51. The van der Waals surface area contributed by atoms with E-state index in [1.807, 2.05) is 47.4 Å². The van der Waals surface area contributed by atoms with Crippen molar-refractivity contribution in [3.63, 3.8) is 0 Å². The van der Waals surface area contributed by atoms with Crippen molar-refractivity contribution < 1.29 is 14.3 Å². The van der Waals surface area contributed by atoms with Gasteiger partial charge in [0, 0.05) is 56.8 Å². The summed E-state index contributed by atoms with van der Waals surface area (Å²) in [6.07, 6.45) is 0. The van der Waals surface area contributed by atoms with E-state index in [0.717, 1.165) is 47.6 Å². The van der Waals surface area contributed by atoms with Gasteiger partial charge in [0.25, 0.3) is 11.5 Å². The van der Waals surface area contributed by atoms with Gasteiger partial charge in [-0.3, -0.25) is 14.5 Å². The molecule has 1 aliphatic heterocycles. The third-order valence-corrected chi connectivity index (χ3v) is 5.93. The summed E-state index contributed by atoms with van der Waals surface area (Å²) in [7, 11) is 5.04. The smallest absolute Gasteiger partial charge is 0.254 e. The first-order valence-corrected chi connectivity index (χ1v) is 10.3. The molecule has 1 fully saturated rings. The Hall–Kier alpha value is -3.32. The van der Waals surface area contributed by atoms with Crippen LogP contribution in [0.2, 0.25) is 0 Å². The molecule has 31 heavy (non-hydrogen) atoms. The number of hydrogen-bond acceptors (Lipinski definition) is 5. The van der Waals surface area contributed by atoms with Gasteiger partial charge in [0.15, 0.2) is 0 Å². The first-order chi connectivity index (χ1) is 15.0. The minimum atomic E-state index is -0.175. The van der Waals surface area contributed by atoms with Crippen LogP contribution < -0.4 is 15.0 Å². The minimum Gasteiger partial charge on any atom is -0.497 e. The monoisotopic (exact) mass is 421 g/mol. The van der Waals surface area contributed by atoms with E-state index in [-0.39, 0.29) is 11.5 Å². The summed E-state index contributed by atoms with van der Waals surface area (Å²) in [5, 5.41) is 0.804. The van der Waals surface area contributed by atoms with Crippen LogP contribution in [0, 0.1) is 0 Å². The molecule has 0 N–H and O–H groups in total. The van der Waals surface area contributed by atoms with E-state index < -0.39 is 0 Å². The maximum absolute atomic E-state index is 13.2. The van der Waals surface area contributed by atoms with E-state index in [1.54, 1.807) is 25.8 Å². The maximum atomic E-state index is 13.2. The molecule has 1 aliphatic rings. The van der Waals surface area contributed by atoms with E-state index in [0.29, 0.717) is 18.7 Å². The fourth-order valence-corrected chi connectivity index (χ4v) is 4.11. The topological polar surface area (TPSA) is 64.0 Å². The number of benzene rings is 2. The maximum Gasteiger partial charge on any atom is 0.254 e. The Morgan fingerprint density at radius 2 is 1.71 bits per heavy atom. The van der Waals surface area contributed by atoms with Gasteiger partial charge in [0.2, 0.25) is 0 Å². The zero-order chi connectivity index (χ0) is 22.0. The van der Waals surface area contributed by atoms with Gasteiger partial charge in [-0.15, -0.1) is 0 Å². The standard InChI is InChI=1S/C24H27N3O4/c1-25-21-7-5-4-6-19(21)20(15-23(25)28)24(29)27-12-10-26(11-13-27)16-17-14-18(30-2)8-9-22(17)31-3/h4-9,14-15H,10-13,16H2,1-3H3. The third kappa shape index (κ3) is 4.14. The molecular weight excluding hydrogens is 394 g/mol. The molecule has 1 amide bonds. The van der Waals surface area contributed by atoms with E-state index in [2.05, 4.69) is 4.90 Å². The third-order valence-electron chi connectivity index (χ3n) is 5.93. The van der Waals surface area contributed by atoms with Crippen LogP contribution in [0.1, 0.15) is 15.9 Å². The first kappa shape index (κ1) is 20.9. The molecule has 0 atom stereocenters. The largest absolute Gasteiger partial charge is 0.497 e. The summed E-state index contributed by atoms with van der Waals surface area (Å²) in [5.74, 6) is 1.53. The highest BCUT2D eigenvalue weighted by atomic mass is 16.5. The number of ether oxygens (including phenoxy) is 2. The normalized spacial score (nSPS) is 14.6. The average molecular weight is 421 g/mol. The summed E-state index contributed by atoms with van der Waals surface area (Å²) in [4.78, 5) is 29.7. The molecule has 7 heteroatoms. The lowest BCUT2D eigenvalue weighted by Crippen LogP contribution is -2.48. The van der Waals surface area contributed by atoms with Crippen molar-refractivity contribution in [2.75, 3.05) is 40.4 Å². The molecule has 0 radical (unpaired) electrons. The van der Waals surface area contributed by atoms with Gasteiger partial charge < -0.3 is 18.9 Å². The molecule has 0 saturated carbocycles. The fraction of sp³-hybridized carbons (Fsp3) is 0.333. The molecule has 1 aromatic heterocycles. The number of fused-ring (bicyclic) bond motifs is 1. The van der Waals surface area contributed by atoms with Crippen molar-refractivity contribution in [1.82, 2.24) is 14.4 Å². The highest BCUT2D eigenvalue weighted by Crippen LogP contribution is 2.26. The van der Waals surface area contributed by atoms with Crippen LogP contribution in [-0.2, 0) is 13.6 Å². The van der Waals surface area contributed by atoms with Crippen molar-refractivity contribution in [1.29, 1.82) is 0 Å². The Labute approximate surface area is 181 Å². The predicted molar refractivity (Wildman–Crippen MR) is 120 cm³/mol. The van der Waals surface area contributed by atoms with E-state index in [9.17, 15) is 9.59 Å². The van der Waals surface area contributed by atoms with Crippen LogP contribution in [0.5, 0.6) is 11.5 Å². The average Bonchev–Trinajstić information content (AvgIpc) is 2.81.